The van der Waals surface area contributed by atoms with E-state index < -0.39 is 0 Å². The number of fused-ring (bicyclic) bond motifs is 3. The minimum Gasteiger partial charge on any atom is -0.208 e. The molecule has 2 heterocycles. The van der Waals surface area contributed by atoms with Gasteiger partial charge in [-0.3, -0.25) is 0 Å². The molecule has 3 nitrogen and oxygen atoms in total. The van der Waals surface area contributed by atoms with Crippen molar-refractivity contribution in [3.05, 3.63) is 200 Å². The van der Waals surface area contributed by atoms with E-state index in [9.17, 15) is 6.85 Å². The van der Waals surface area contributed by atoms with Crippen LogP contribution in [-0.2, 0) is 0 Å². The number of hydrogen-bond acceptors (Lipinski definition) is 4. The van der Waals surface area contributed by atoms with Gasteiger partial charge in [-0.25, -0.2) is 15.0 Å². The molecule has 258 valence electrons. The summed E-state index contributed by atoms with van der Waals surface area (Å²) in [5, 5.41) is 0.515. The molecular formula is C51H33N3S. The monoisotopic (exact) mass is 725 g/mol. The van der Waals surface area contributed by atoms with Crippen molar-refractivity contribution >= 4 is 31.5 Å². The molecule has 0 fully saturated rings. The molecule has 0 atom stereocenters. The SMILES string of the molecule is [2H]c1c(-c2cccc(-c3ccccc3)c2)c([2H])c2c(sc3c([2H])c(-c4nc(-c5ccccc5-c5ccccc5)nc(-c5ccccc5-c5ccccc5)n4)c([2H])c([2H])c32)c1[2H]. The van der Waals surface area contributed by atoms with Crippen LogP contribution in [0.3, 0.4) is 0 Å². The van der Waals surface area contributed by atoms with E-state index in [0.717, 1.165) is 55.8 Å². The molecule has 0 aliphatic carbocycles. The smallest absolute Gasteiger partial charge is 0.164 e. The first kappa shape index (κ1) is 26.7. The quantitative estimate of drug-likeness (QED) is 0.164. The first-order valence-corrected chi connectivity index (χ1v) is 18.8. The van der Waals surface area contributed by atoms with E-state index in [1.54, 1.807) is 0 Å². The van der Waals surface area contributed by atoms with Crippen molar-refractivity contribution in [3.63, 3.8) is 0 Å². The van der Waals surface area contributed by atoms with Crippen LogP contribution in [0.25, 0.3) is 98.8 Å². The molecule has 10 rings (SSSR count). The summed E-state index contributed by atoms with van der Waals surface area (Å²) in [7, 11) is 0. The van der Waals surface area contributed by atoms with Gasteiger partial charge in [0.15, 0.2) is 17.5 Å². The number of thiophene rings is 1. The Hall–Kier alpha value is -7.01. The summed E-state index contributed by atoms with van der Waals surface area (Å²) >= 11 is 1.09. The molecule has 0 bridgehead atoms. The van der Waals surface area contributed by atoms with E-state index in [4.69, 9.17) is 16.3 Å². The summed E-state index contributed by atoms with van der Waals surface area (Å²) in [6, 6.07) is 52.1. The van der Waals surface area contributed by atoms with Gasteiger partial charge in [0.05, 0.1) is 8.22 Å². The van der Waals surface area contributed by atoms with Gasteiger partial charge in [0.1, 0.15) is 0 Å². The van der Waals surface area contributed by atoms with Crippen LogP contribution < -0.4 is 0 Å². The minimum absolute atomic E-state index is 0.0210. The Labute approximate surface area is 332 Å². The average molecular weight is 726 g/mol. The number of aromatic nitrogens is 3. The summed E-state index contributed by atoms with van der Waals surface area (Å²) in [5.41, 5.74) is 7.96. The van der Waals surface area contributed by atoms with Crippen LogP contribution in [0.5, 0.6) is 0 Å². The Morgan fingerprint density at radius 1 is 0.327 bits per heavy atom. The number of nitrogens with zero attached hydrogens (tertiary/aromatic N) is 3. The fourth-order valence-electron chi connectivity index (χ4n) is 6.96. The van der Waals surface area contributed by atoms with Crippen molar-refractivity contribution in [1.82, 2.24) is 15.0 Å². The van der Waals surface area contributed by atoms with Crippen LogP contribution in [-0.4, -0.2) is 15.0 Å². The molecule has 2 aromatic heterocycles. The van der Waals surface area contributed by atoms with Crippen molar-refractivity contribution in [2.45, 2.75) is 0 Å². The van der Waals surface area contributed by atoms with E-state index in [1.165, 1.54) is 0 Å². The maximum atomic E-state index is 9.72. The average Bonchev–Trinajstić information content (AvgIpc) is 3.73. The summed E-state index contributed by atoms with van der Waals surface area (Å²) < 4.78 is 57.3. The first-order valence-electron chi connectivity index (χ1n) is 21.0. The molecule has 0 spiro atoms. The summed E-state index contributed by atoms with van der Waals surface area (Å²) in [5.74, 6) is 0.741. The fourth-order valence-corrected chi connectivity index (χ4v) is 7.93. The minimum atomic E-state index is -0.276. The van der Waals surface area contributed by atoms with Gasteiger partial charge in [-0.2, -0.15) is 0 Å². The van der Waals surface area contributed by atoms with Crippen LogP contribution in [0.2, 0.25) is 0 Å². The number of benzene rings is 8. The largest absolute Gasteiger partial charge is 0.208 e. The normalized spacial score (nSPS) is 12.8. The molecule has 0 aliphatic rings. The Morgan fingerprint density at radius 3 is 1.40 bits per heavy atom. The molecule has 10 aromatic rings. The van der Waals surface area contributed by atoms with Gasteiger partial charge in [-0.1, -0.05) is 176 Å². The molecule has 0 saturated heterocycles. The highest BCUT2D eigenvalue weighted by molar-refractivity contribution is 7.25. The molecule has 8 aromatic carbocycles. The van der Waals surface area contributed by atoms with Crippen molar-refractivity contribution in [2.75, 3.05) is 0 Å². The predicted octanol–water partition coefficient (Wildman–Crippen LogP) is 13.9. The topological polar surface area (TPSA) is 38.7 Å². The second-order valence-electron chi connectivity index (χ2n) is 13.1. The lowest BCUT2D eigenvalue weighted by molar-refractivity contribution is 1.08. The maximum absolute atomic E-state index is 9.72. The third-order valence-corrected chi connectivity index (χ3v) is 10.7. The first-order chi connectivity index (χ1) is 29.8. The van der Waals surface area contributed by atoms with Crippen molar-refractivity contribution < 1.29 is 8.22 Å². The van der Waals surface area contributed by atoms with Gasteiger partial charge < -0.3 is 0 Å². The van der Waals surface area contributed by atoms with Crippen LogP contribution >= 0.6 is 11.3 Å². The molecule has 0 saturated carbocycles. The number of hydrogen-bond donors (Lipinski definition) is 0. The zero-order valence-corrected chi connectivity index (χ0v) is 30.2. The van der Waals surface area contributed by atoms with E-state index in [1.807, 2.05) is 164 Å². The molecule has 0 unspecified atom stereocenters. The van der Waals surface area contributed by atoms with Crippen molar-refractivity contribution in [3.8, 4) is 78.7 Å². The molecular weight excluding hydrogens is 687 g/mol. The lowest BCUT2D eigenvalue weighted by Gasteiger charge is -2.14. The lowest BCUT2D eigenvalue weighted by Crippen LogP contribution is -2.02. The molecule has 4 heteroatoms. The van der Waals surface area contributed by atoms with Crippen LogP contribution in [0.15, 0.2) is 200 Å². The van der Waals surface area contributed by atoms with Gasteiger partial charge in [0.25, 0.3) is 0 Å². The molecule has 0 aliphatic heterocycles. The maximum Gasteiger partial charge on any atom is 0.164 e. The Kier molecular flexibility index (Phi) is 6.84. The third kappa shape index (κ3) is 6.29. The van der Waals surface area contributed by atoms with E-state index in [0.29, 0.717) is 26.6 Å². The Balaban J connectivity index is 1.22. The van der Waals surface area contributed by atoms with Crippen LogP contribution in [0, 0.1) is 0 Å². The van der Waals surface area contributed by atoms with Gasteiger partial charge >= 0.3 is 0 Å². The summed E-state index contributed by atoms with van der Waals surface area (Å²) in [6.45, 7) is 0. The van der Waals surface area contributed by atoms with Crippen LogP contribution in [0.4, 0.5) is 0 Å². The Morgan fingerprint density at radius 2 is 0.800 bits per heavy atom. The highest BCUT2D eigenvalue weighted by atomic mass is 32.1. The standard InChI is InChI=1S/C51H33N3S/c1-4-15-34(16-5-1)37-21-14-22-38(31-37)39-28-30-47-46(32-39)43-29-27-40(33-48(43)55-47)49-52-50(44-25-12-10-23-41(44)35-17-6-2-7-18-35)54-51(53-49)45-26-13-11-24-42(45)36-19-8-3-9-20-36/h1-33H/i27D,28D,29D,30D,32D,33D. The predicted molar refractivity (Wildman–Crippen MR) is 231 cm³/mol. The van der Waals surface area contributed by atoms with Gasteiger partial charge in [-0.05, 0) is 68.7 Å². The highest BCUT2D eigenvalue weighted by Gasteiger charge is 2.18. The van der Waals surface area contributed by atoms with Crippen molar-refractivity contribution in [1.29, 1.82) is 0 Å². The van der Waals surface area contributed by atoms with E-state index in [-0.39, 0.29) is 64.0 Å². The second-order valence-corrected chi connectivity index (χ2v) is 14.1. The fraction of sp³-hybridized carbons (Fsp3) is 0. The molecule has 0 N–H and O–H groups in total. The third-order valence-electron chi connectivity index (χ3n) is 9.63. The van der Waals surface area contributed by atoms with Crippen LogP contribution in [0.1, 0.15) is 8.22 Å². The van der Waals surface area contributed by atoms with Gasteiger partial charge in [0.2, 0.25) is 0 Å². The second kappa shape index (κ2) is 14.1. The molecule has 0 amide bonds. The lowest BCUT2D eigenvalue weighted by atomic mass is 9.97. The van der Waals surface area contributed by atoms with Gasteiger partial charge in [-0.15, -0.1) is 11.3 Å². The Bertz CT molecular complexity index is 3220. The highest BCUT2D eigenvalue weighted by Crippen LogP contribution is 2.40. The number of rotatable bonds is 7. The molecule has 55 heavy (non-hydrogen) atoms. The zero-order chi connectivity index (χ0) is 41.8. The summed E-state index contributed by atoms with van der Waals surface area (Å²) in [4.78, 5) is 15.1. The molecule has 0 radical (unpaired) electrons. The van der Waals surface area contributed by atoms with E-state index in [2.05, 4.69) is 0 Å². The van der Waals surface area contributed by atoms with Gasteiger partial charge in [0, 0.05) is 36.9 Å². The zero-order valence-electron chi connectivity index (χ0n) is 35.3. The summed E-state index contributed by atoms with van der Waals surface area (Å²) in [6.07, 6.45) is 0. The van der Waals surface area contributed by atoms with E-state index >= 15 is 0 Å². The van der Waals surface area contributed by atoms with Crippen molar-refractivity contribution in [2.24, 2.45) is 0 Å².